The molecule has 1 unspecified atom stereocenters. The second-order valence-corrected chi connectivity index (χ2v) is 5.47. The van der Waals surface area contributed by atoms with Gasteiger partial charge in [0.15, 0.2) is 0 Å². The van der Waals surface area contributed by atoms with E-state index in [9.17, 15) is 4.79 Å². The first-order valence-corrected chi connectivity index (χ1v) is 7.47. The number of carbonyl (C=O) groups is 1. The van der Waals surface area contributed by atoms with Gasteiger partial charge in [0.1, 0.15) is 5.82 Å². The maximum atomic E-state index is 11.9. The second-order valence-electron chi connectivity index (χ2n) is 5.47. The molecule has 0 saturated carbocycles. The van der Waals surface area contributed by atoms with Crippen molar-refractivity contribution in [3.05, 3.63) is 47.8 Å². The average molecular weight is 301 g/mol. The van der Waals surface area contributed by atoms with E-state index in [-0.39, 0.29) is 12.1 Å². The third kappa shape index (κ3) is 4.87. The zero-order valence-corrected chi connectivity index (χ0v) is 13.3. The minimum Gasteiger partial charge on any atom is -0.354 e. The molecule has 0 fully saturated rings. The van der Waals surface area contributed by atoms with Crippen molar-refractivity contribution >= 4 is 6.03 Å². The van der Waals surface area contributed by atoms with Gasteiger partial charge in [-0.2, -0.15) is 0 Å². The normalized spacial score (nSPS) is 12.0. The molecule has 0 saturated heterocycles. The lowest BCUT2D eigenvalue weighted by molar-refractivity contribution is 0.236. The van der Waals surface area contributed by atoms with E-state index in [1.807, 2.05) is 33.2 Å². The number of carbonyl (C=O) groups excluding carboxylic acids is 1. The molecule has 1 atom stereocenters. The highest BCUT2D eigenvalue weighted by Gasteiger charge is 2.08. The molecule has 2 N–H and O–H groups in total. The molecule has 2 amide bonds. The van der Waals surface area contributed by atoms with Gasteiger partial charge < -0.3 is 15.2 Å². The smallest absolute Gasteiger partial charge is 0.315 e. The Kier molecular flexibility index (Phi) is 5.52. The summed E-state index contributed by atoms with van der Waals surface area (Å²) in [6.07, 6.45) is 5.57. The van der Waals surface area contributed by atoms with Crippen LogP contribution in [0.3, 0.4) is 0 Å². The maximum absolute atomic E-state index is 11.9. The van der Waals surface area contributed by atoms with Crippen molar-refractivity contribution in [2.24, 2.45) is 7.05 Å². The monoisotopic (exact) mass is 301 g/mol. The molecule has 2 aromatic heterocycles. The van der Waals surface area contributed by atoms with Crippen molar-refractivity contribution in [1.82, 2.24) is 25.2 Å². The minimum absolute atomic E-state index is 0.113. The van der Waals surface area contributed by atoms with Crippen LogP contribution < -0.4 is 10.6 Å². The molecule has 0 aromatic carbocycles. The highest BCUT2D eigenvalue weighted by Crippen LogP contribution is 2.05. The topological polar surface area (TPSA) is 71.8 Å². The van der Waals surface area contributed by atoms with Gasteiger partial charge in [-0.3, -0.25) is 0 Å². The molecular weight excluding hydrogens is 278 g/mol. The Bertz CT molecular complexity index is 623. The average Bonchev–Trinajstić information content (AvgIpc) is 2.88. The summed E-state index contributed by atoms with van der Waals surface area (Å²) in [6.45, 7) is 4.24. The summed E-state index contributed by atoms with van der Waals surface area (Å²) in [5, 5.41) is 5.76. The van der Waals surface area contributed by atoms with E-state index in [0.29, 0.717) is 12.4 Å². The third-order valence-electron chi connectivity index (χ3n) is 3.53. The lowest BCUT2D eigenvalue weighted by Gasteiger charge is -2.15. The van der Waals surface area contributed by atoms with E-state index in [4.69, 9.17) is 0 Å². The van der Waals surface area contributed by atoms with Gasteiger partial charge in [-0.1, -0.05) is 0 Å². The van der Waals surface area contributed by atoms with E-state index in [1.54, 1.807) is 12.3 Å². The highest BCUT2D eigenvalue weighted by atomic mass is 16.2. The van der Waals surface area contributed by atoms with Crippen LogP contribution in [0, 0.1) is 6.92 Å². The molecule has 118 valence electrons. The Hall–Kier alpha value is -2.37. The molecule has 6 nitrogen and oxygen atoms in total. The molecule has 2 heterocycles. The van der Waals surface area contributed by atoms with E-state index >= 15 is 0 Å². The highest BCUT2D eigenvalue weighted by molar-refractivity contribution is 5.74. The van der Waals surface area contributed by atoms with Gasteiger partial charge in [0.2, 0.25) is 0 Å². The van der Waals surface area contributed by atoms with Crippen molar-refractivity contribution in [2.45, 2.75) is 39.3 Å². The number of amides is 2. The number of urea groups is 1. The fourth-order valence-corrected chi connectivity index (χ4v) is 2.24. The summed E-state index contributed by atoms with van der Waals surface area (Å²) in [5.41, 5.74) is 2.07. The van der Waals surface area contributed by atoms with E-state index in [1.165, 1.54) is 5.69 Å². The van der Waals surface area contributed by atoms with Gasteiger partial charge in [-0.05, 0) is 44.9 Å². The Morgan fingerprint density at radius 1 is 1.41 bits per heavy atom. The van der Waals surface area contributed by atoms with Gasteiger partial charge in [-0.15, -0.1) is 0 Å². The van der Waals surface area contributed by atoms with E-state index in [0.717, 1.165) is 18.5 Å². The molecule has 0 aliphatic carbocycles. The molecule has 22 heavy (non-hydrogen) atoms. The minimum atomic E-state index is -0.171. The van der Waals surface area contributed by atoms with Gasteiger partial charge in [0, 0.05) is 31.2 Å². The Morgan fingerprint density at radius 2 is 2.23 bits per heavy atom. The SMILES string of the molecule is Cc1nccc(CNC(=O)NC(C)CCc2cccn2C)n1. The predicted molar refractivity (Wildman–Crippen MR) is 85.3 cm³/mol. The molecule has 0 aliphatic heterocycles. The maximum Gasteiger partial charge on any atom is 0.315 e. The number of nitrogens with zero attached hydrogens (tertiary/aromatic N) is 3. The number of rotatable bonds is 6. The Labute approximate surface area is 131 Å². The molecular formula is C16H23N5O. The van der Waals surface area contributed by atoms with Crippen molar-refractivity contribution in [3.63, 3.8) is 0 Å². The standard InChI is InChI=1S/C16H23N5O/c1-12(6-7-15-5-4-10-21(15)3)19-16(22)18-11-14-8-9-17-13(2)20-14/h4-5,8-10,12H,6-7,11H2,1-3H3,(H2,18,19,22). The van der Waals surface area contributed by atoms with Crippen molar-refractivity contribution in [1.29, 1.82) is 0 Å². The largest absolute Gasteiger partial charge is 0.354 e. The van der Waals surface area contributed by atoms with Crippen LogP contribution >= 0.6 is 0 Å². The van der Waals surface area contributed by atoms with E-state index in [2.05, 4.69) is 31.2 Å². The van der Waals surface area contributed by atoms with Gasteiger partial charge in [0.25, 0.3) is 0 Å². The second kappa shape index (κ2) is 7.59. The van der Waals surface area contributed by atoms with Crippen LogP contribution in [0.5, 0.6) is 0 Å². The summed E-state index contributed by atoms with van der Waals surface area (Å²) in [6, 6.07) is 5.87. The summed E-state index contributed by atoms with van der Waals surface area (Å²) >= 11 is 0. The molecule has 0 radical (unpaired) electrons. The van der Waals surface area contributed by atoms with Crippen molar-refractivity contribution < 1.29 is 4.79 Å². The fourth-order valence-electron chi connectivity index (χ4n) is 2.24. The van der Waals surface area contributed by atoms with Gasteiger partial charge in [0.05, 0.1) is 12.2 Å². The Morgan fingerprint density at radius 3 is 2.91 bits per heavy atom. The zero-order valence-electron chi connectivity index (χ0n) is 13.3. The molecule has 6 heteroatoms. The number of aryl methyl sites for hydroxylation is 3. The summed E-state index contributed by atoms with van der Waals surface area (Å²) in [5.74, 6) is 0.704. The summed E-state index contributed by atoms with van der Waals surface area (Å²) in [4.78, 5) is 20.1. The molecule has 2 aromatic rings. The molecule has 0 spiro atoms. The van der Waals surface area contributed by atoms with E-state index < -0.39 is 0 Å². The van der Waals surface area contributed by atoms with Crippen LogP contribution in [0.15, 0.2) is 30.6 Å². The number of hydrogen-bond acceptors (Lipinski definition) is 3. The lowest BCUT2D eigenvalue weighted by Crippen LogP contribution is -2.40. The van der Waals surface area contributed by atoms with Crippen molar-refractivity contribution in [2.75, 3.05) is 0 Å². The van der Waals surface area contributed by atoms with Crippen molar-refractivity contribution in [3.8, 4) is 0 Å². The zero-order chi connectivity index (χ0) is 15.9. The number of nitrogens with one attached hydrogen (secondary N) is 2. The predicted octanol–water partition coefficient (Wildman–Crippen LogP) is 1.94. The van der Waals surface area contributed by atoms with Crippen LogP contribution in [-0.2, 0) is 20.0 Å². The third-order valence-corrected chi connectivity index (χ3v) is 3.53. The first kappa shape index (κ1) is 16.0. The molecule has 0 bridgehead atoms. The first-order valence-electron chi connectivity index (χ1n) is 7.47. The number of hydrogen-bond donors (Lipinski definition) is 2. The van der Waals surface area contributed by atoms with Gasteiger partial charge in [-0.25, -0.2) is 14.8 Å². The van der Waals surface area contributed by atoms with Gasteiger partial charge >= 0.3 is 6.03 Å². The van der Waals surface area contributed by atoms with Crippen LogP contribution in [0.2, 0.25) is 0 Å². The lowest BCUT2D eigenvalue weighted by atomic mass is 10.1. The number of aromatic nitrogens is 3. The fraction of sp³-hybridized carbons (Fsp3) is 0.438. The molecule has 0 aliphatic rings. The van der Waals surface area contributed by atoms with Crippen LogP contribution in [-0.4, -0.2) is 26.6 Å². The van der Waals surface area contributed by atoms with Crippen LogP contribution in [0.4, 0.5) is 4.79 Å². The first-order chi connectivity index (χ1) is 10.5. The Balaban J connectivity index is 1.71. The molecule has 2 rings (SSSR count). The summed E-state index contributed by atoms with van der Waals surface area (Å²) in [7, 11) is 2.03. The summed E-state index contributed by atoms with van der Waals surface area (Å²) < 4.78 is 2.10. The quantitative estimate of drug-likeness (QED) is 0.856. The van der Waals surface area contributed by atoms with Crippen LogP contribution in [0.1, 0.15) is 30.6 Å². The van der Waals surface area contributed by atoms with Crippen LogP contribution in [0.25, 0.3) is 0 Å².